The number of hydrogen-bond acceptors (Lipinski definition) is 6. The van der Waals surface area contributed by atoms with Gasteiger partial charge in [-0.15, -0.1) is 0 Å². The van der Waals surface area contributed by atoms with Gasteiger partial charge < -0.3 is 15.1 Å². The Balaban J connectivity index is 1.52. The number of aryl methyl sites for hydroxylation is 1. The molecule has 1 aromatic heterocycles. The van der Waals surface area contributed by atoms with E-state index >= 15 is 0 Å². The first-order valence-electron chi connectivity index (χ1n) is 11.0. The van der Waals surface area contributed by atoms with E-state index in [0.29, 0.717) is 25.5 Å². The largest absolute Gasteiger partial charge is 0.371 e. The van der Waals surface area contributed by atoms with Crippen molar-refractivity contribution in [3.63, 3.8) is 0 Å². The molecule has 32 heavy (non-hydrogen) atoms. The van der Waals surface area contributed by atoms with Crippen molar-refractivity contribution in [1.82, 2.24) is 9.88 Å². The van der Waals surface area contributed by atoms with Crippen LogP contribution in [0, 0.1) is 23.0 Å². The molecule has 2 aliphatic heterocycles. The molecule has 168 valence electrons. The highest BCUT2D eigenvalue weighted by atomic mass is 16.6. The van der Waals surface area contributed by atoms with Crippen LogP contribution in [0.4, 0.5) is 17.2 Å². The molecule has 2 fully saturated rings. The lowest BCUT2D eigenvalue weighted by molar-refractivity contribution is -0.385. The highest BCUT2D eigenvalue weighted by molar-refractivity contribution is 5.99. The van der Waals surface area contributed by atoms with E-state index in [9.17, 15) is 19.7 Å². The average Bonchev–Trinajstić information content (AvgIpc) is 3.33. The molecule has 1 N–H and O–H groups in total. The third-order valence-electron chi connectivity index (χ3n) is 6.10. The van der Waals surface area contributed by atoms with Gasteiger partial charge in [0.1, 0.15) is 11.4 Å². The van der Waals surface area contributed by atoms with Crippen LogP contribution in [0.25, 0.3) is 0 Å². The number of carbonyl (C=O) groups excluding carboxylic acids is 2. The maximum absolute atomic E-state index is 12.9. The number of nitrogens with one attached hydrogen (secondary N) is 1. The number of benzene rings is 1. The maximum Gasteiger partial charge on any atom is 0.282 e. The summed E-state index contributed by atoms with van der Waals surface area (Å²) in [5.41, 5.74) is 1.49. The Kier molecular flexibility index (Phi) is 6.34. The molecule has 9 nitrogen and oxygen atoms in total. The summed E-state index contributed by atoms with van der Waals surface area (Å²) in [6.45, 7) is 4.32. The maximum atomic E-state index is 12.9. The Bertz CT molecular complexity index is 1030. The summed E-state index contributed by atoms with van der Waals surface area (Å²) in [6, 6.07) is 10.2. The van der Waals surface area contributed by atoms with Gasteiger partial charge >= 0.3 is 0 Å². The molecule has 1 aromatic carbocycles. The number of nitro groups is 1. The number of nitrogens with zero attached hydrogens (tertiary/aromatic N) is 4. The van der Waals surface area contributed by atoms with E-state index in [1.54, 1.807) is 23.1 Å². The molecule has 0 spiro atoms. The van der Waals surface area contributed by atoms with Gasteiger partial charge in [0.25, 0.3) is 11.6 Å². The fraction of sp³-hybridized carbons (Fsp3) is 0.435. The van der Waals surface area contributed by atoms with Crippen molar-refractivity contribution in [1.29, 1.82) is 0 Å². The third kappa shape index (κ3) is 4.71. The number of carbonyl (C=O) groups is 2. The summed E-state index contributed by atoms with van der Waals surface area (Å²) in [6.07, 6.45) is 3.39. The topological polar surface area (TPSA) is 109 Å². The summed E-state index contributed by atoms with van der Waals surface area (Å²) in [4.78, 5) is 44.8. The van der Waals surface area contributed by atoms with Gasteiger partial charge in [0.05, 0.1) is 10.8 Å². The number of nitro benzene ring substituents is 1. The van der Waals surface area contributed by atoms with Gasteiger partial charge in [0, 0.05) is 43.6 Å². The molecule has 2 amide bonds. The first-order chi connectivity index (χ1) is 15.4. The summed E-state index contributed by atoms with van der Waals surface area (Å²) >= 11 is 0. The quantitative estimate of drug-likeness (QED) is 0.567. The molecule has 3 heterocycles. The van der Waals surface area contributed by atoms with Gasteiger partial charge in [-0.05, 0) is 56.9 Å². The molecule has 0 bridgehead atoms. The van der Waals surface area contributed by atoms with E-state index in [4.69, 9.17) is 0 Å². The Labute approximate surface area is 186 Å². The standard InChI is InChI=1S/C23H27N5O4/c1-16-6-4-8-21(24-16)25-22(29)17-7-5-13-27(15-17)18-9-10-20(28(31)32)19(14-18)23(30)26-11-2-3-12-26/h4,6,8-10,14,17H,2-3,5,7,11-13,15H2,1H3,(H,24,25,29). The molecule has 9 heteroatoms. The summed E-state index contributed by atoms with van der Waals surface area (Å²) in [7, 11) is 0. The van der Waals surface area contributed by atoms with Crippen LogP contribution in [0.15, 0.2) is 36.4 Å². The van der Waals surface area contributed by atoms with Gasteiger partial charge in [0.2, 0.25) is 5.91 Å². The lowest BCUT2D eigenvalue weighted by Gasteiger charge is -2.34. The SMILES string of the molecule is Cc1cccc(NC(=O)C2CCCN(c3ccc([N+](=O)[O-])c(C(=O)N4CCCC4)c3)C2)n1. The third-order valence-corrected chi connectivity index (χ3v) is 6.10. The number of amides is 2. The van der Waals surface area contributed by atoms with Crippen molar-refractivity contribution in [3.8, 4) is 0 Å². The minimum absolute atomic E-state index is 0.0944. The van der Waals surface area contributed by atoms with E-state index in [2.05, 4.69) is 10.3 Å². The smallest absolute Gasteiger partial charge is 0.282 e. The van der Waals surface area contributed by atoms with Crippen LogP contribution in [0.3, 0.4) is 0 Å². The highest BCUT2D eigenvalue weighted by Crippen LogP contribution is 2.30. The van der Waals surface area contributed by atoms with Crippen LogP contribution in [0.1, 0.15) is 41.7 Å². The number of hydrogen-bond donors (Lipinski definition) is 1. The molecule has 0 aliphatic carbocycles. The van der Waals surface area contributed by atoms with Crippen molar-refractivity contribution in [2.75, 3.05) is 36.4 Å². The molecular formula is C23H27N5O4. The fourth-order valence-corrected chi connectivity index (χ4v) is 4.41. The lowest BCUT2D eigenvalue weighted by atomic mass is 9.96. The zero-order valence-corrected chi connectivity index (χ0v) is 18.1. The first kappa shape index (κ1) is 21.7. The first-order valence-corrected chi connectivity index (χ1v) is 11.0. The van der Waals surface area contributed by atoms with Gasteiger partial charge in [-0.25, -0.2) is 4.98 Å². The zero-order valence-electron chi connectivity index (χ0n) is 18.1. The number of rotatable bonds is 5. The molecule has 0 saturated carbocycles. The second kappa shape index (κ2) is 9.33. The van der Waals surface area contributed by atoms with E-state index in [0.717, 1.165) is 43.6 Å². The Morgan fingerprint density at radius 1 is 1.12 bits per heavy atom. The lowest BCUT2D eigenvalue weighted by Crippen LogP contribution is -2.41. The van der Waals surface area contributed by atoms with Crippen LogP contribution in [0.5, 0.6) is 0 Å². The fourth-order valence-electron chi connectivity index (χ4n) is 4.41. The number of piperidine rings is 1. The van der Waals surface area contributed by atoms with Crippen LogP contribution < -0.4 is 10.2 Å². The predicted molar refractivity (Wildman–Crippen MR) is 121 cm³/mol. The zero-order chi connectivity index (χ0) is 22.7. The normalized spacial score (nSPS) is 18.5. The van der Waals surface area contributed by atoms with E-state index in [-0.39, 0.29) is 29.0 Å². The van der Waals surface area contributed by atoms with Crippen LogP contribution >= 0.6 is 0 Å². The van der Waals surface area contributed by atoms with Crippen LogP contribution in [-0.2, 0) is 4.79 Å². The minimum atomic E-state index is -0.506. The summed E-state index contributed by atoms with van der Waals surface area (Å²) in [5.74, 6) is -0.101. The Morgan fingerprint density at radius 2 is 1.91 bits per heavy atom. The molecular weight excluding hydrogens is 410 g/mol. The van der Waals surface area contributed by atoms with E-state index < -0.39 is 4.92 Å². The van der Waals surface area contributed by atoms with Crippen molar-refractivity contribution < 1.29 is 14.5 Å². The number of likely N-dealkylation sites (tertiary alicyclic amines) is 1. The van der Waals surface area contributed by atoms with Gasteiger partial charge in [-0.3, -0.25) is 19.7 Å². The molecule has 2 saturated heterocycles. The molecule has 2 aromatic rings. The van der Waals surface area contributed by atoms with Gasteiger partial charge in [-0.2, -0.15) is 0 Å². The van der Waals surface area contributed by atoms with Gasteiger partial charge in [0.15, 0.2) is 0 Å². The minimum Gasteiger partial charge on any atom is -0.371 e. The Hall–Kier alpha value is -3.49. The predicted octanol–water partition coefficient (Wildman–Crippen LogP) is 3.39. The molecule has 2 aliphatic rings. The average molecular weight is 438 g/mol. The Morgan fingerprint density at radius 3 is 2.62 bits per heavy atom. The molecule has 1 atom stereocenters. The van der Waals surface area contributed by atoms with Crippen molar-refractivity contribution in [2.45, 2.75) is 32.6 Å². The van der Waals surface area contributed by atoms with Crippen LogP contribution in [-0.4, -0.2) is 52.8 Å². The molecule has 0 radical (unpaired) electrons. The summed E-state index contributed by atoms with van der Waals surface area (Å²) in [5, 5.41) is 14.4. The van der Waals surface area contributed by atoms with Crippen molar-refractivity contribution in [2.24, 2.45) is 5.92 Å². The van der Waals surface area contributed by atoms with Crippen molar-refractivity contribution in [3.05, 3.63) is 57.8 Å². The van der Waals surface area contributed by atoms with E-state index in [1.165, 1.54) is 6.07 Å². The summed E-state index contributed by atoms with van der Waals surface area (Å²) < 4.78 is 0. The highest BCUT2D eigenvalue weighted by Gasteiger charge is 2.30. The van der Waals surface area contributed by atoms with E-state index in [1.807, 2.05) is 24.0 Å². The monoisotopic (exact) mass is 437 g/mol. The second-order valence-electron chi connectivity index (χ2n) is 8.40. The molecule has 1 unspecified atom stereocenters. The molecule has 4 rings (SSSR count). The number of anilines is 2. The number of pyridine rings is 1. The second-order valence-corrected chi connectivity index (χ2v) is 8.40. The van der Waals surface area contributed by atoms with Gasteiger partial charge in [-0.1, -0.05) is 6.07 Å². The number of aromatic nitrogens is 1. The van der Waals surface area contributed by atoms with Crippen LogP contribution in [0.2, 0.25) is 0 Å². The van der Waals surface area contributed by atoms with Crippen molar-refractivity contribution >= 4 is 29.0 Å².